The third kappa shape index (κ3) is 3.97. The van der Waals surface area contributed by atoms with Gasteiger partial charge in [-0.25, -0.2) is 4.98 Å². The van der Waals surface area contributed by atoms with Crippen LogP contribution in [0.15, 0.2) is 84.2 Å². The average Bonchev–Trinajstić information content (AvgIpc) is 3.49. The predicted molar refractivity (Wildman–Crippen MR) is 165 cm³/mol. The number of hydrogen-bond acceptors (Lipinski definition) is 2. The van der Waals surface area contributed by atoms with E-state index in [0.29, 0.717) is 11.8 Å². The Morgan fingerprint density at radius 1 is 0.737 bits per heavy atom. The van der Waals surface area contributed by atoms with Gasteiger partial charge < -0.3 is 0 Å². The molecule has 0 atom stereocenters. The van der Waals surface area contributed by atoms with Crippen molar-refractivity contribution in [2.45, 2.75) is 53.4 Å². The van der Waals surface area contributed by atoms with Crippen molar-refractivity contribution in [3.05, 3.63) is 106 Å². The van der Waals surface area contributed by atoms with Crippen LogP contribution in [-0.4, -0.2) is 9.55 Å². The zero-order chi connectivity index (χ0) is 26.6. The highest BCUT2D eigenvalue weighted by Crippen LogP contribution is 2.42. The van der Waals surface area contributed by atoms with Crippen LogP contribution in [0.2, 0.25) is 0 Å². The fraction of sp³-hybridized carbons (Fsp3) is 0.229. The van der Waals surface area contributed by atoms with Crippen molar-refractivity contribution in [2.75, 3.05) is 0 Å². The Morgan fingerprint density at radius 2 is 1.39 bits per heavy atom. The lowest BCUT2D eigenvalue weighted by atomic mass is 9.92. The molecule has 0 spiro atoms. The molecule has 0 fully saturated rings. The first-order valence-electron chi connectivity index (χ1n) is 13.5. The maximum atomic E-state index is 5.29. The third-order valence-electron chi connectivity index (χ3n) is 7.71. The van der Waals surface area contributed by atoms with E-state index in [0.717, 1.165) is 16.9 Å². The quantitative estimate of drug-likeness (QED) is 0.224. The molecule has 0 aliphatic heterocycles. The second-order valence-electron chi connectivity index (χ2n) is 11.0. The van der Waals surface area contributed by atoms with Gasteiger partial charge >= 0.3 is 0 Å². The molecule has 38 heavy (non-hydrogen) atoms. The Balaban J connectivity index is 1.68. The molecular formula is C35H34N2S. The van der Waals surface area contributed by atoms with Gasteiger partial charge in [-0.15, -0.1) is 11.3 Å². The van der Waals surface area contributed by atoms with E-state index in [9.17, 15) is 0 Å². The van der Waals surface area contributed by atoms with E-state index in [1.54, 1.807) is 11.3 Å². The Hall–Kier alpha value is -3.69. The largest absolute Gasteiger partial charge is 0.292 e. The zero-order valence-corrected chi connectivity index (χ0v) is 23.9. The molecule has 0 bridgehead atoms. The Bertz CT molecular complexity index is 1750. The lowest BCUT2D eigenvalue weighted by molar-refractivity contribution is 0.811. The van der Waals surface area contributed by atoms with Crippen molar-refractivity contribution >= 4 is 32.5 Å². The molecule has 0 aliphatic rings. The van der Waals surface area contributed by atoms with E-state index >= 15 is 0 Å². The van der Waals surface area contributed by atoms with Crippen LogP contribution in [0.4, 0.5) is 0 Å². The number of rotatable bonds is 5. The summed E-state index contributed by atoms with van der Waals surface area (Å²) in [4.78, 5) is 5.29. The number of thiophene rings is 1. The highest BCUT2D eigenvalue weighted by molar-refractivity contribution is 7.17. The molecule has 2 heterocycles. The summed E-state index contributed by atoms with van der Waals surface area (Å²) < 4.78 is 3.72. The van der Waals surface area contributed by atoms with E-state index in [2.05, 4.69) is 130 Å². The van der Waals surface area contributed by atoms with Crippen molar-refractivity contribution in [3.8, 4) is 28.2 Å². The van der Waals surface area contributed by atoms with Gasteiger partial charge in [0.2, 0.25) is 0 Å². The number of para-hydroxylation sites is 3. The summed E-state index contributed by atoms with van der Waals surface area (Å²) in [6.45, 7) is 13.6. The molecule has 0 aliphatic carbocycles. The van der Waals surface area contributed by atoms with Crippen molar-refractivity contribution in [1.82, 2.24) is 9.55 Å². The third-order valence-corrected chi connectivity index (χ3v) is 8.67. The molecule has 6 aromatic rings. The fourth-order valence-electron chi connectivity index (χ4n) is 5.83. The minimum atomic E-state index is 0.396. The van der Waals surface area contributed by atoms with Crippen molar-refractivity contribution in [3.63, 3.8) is 0 Å². The molecule has 3 heteroatoms. The highest BCUT2D eigenvalue weighted by Gasteiger charge is 2.23. The first-order chi connectivity index (χ1) is 18.3. The molecule has 2 aromatic heterocycles. The van der Waals surface area contributed by atoms with Gasteiger partial charge in [-0.2, -0.15) is 0 Å². The van der Waals surface area contributed by atoms with Gasteiger partial charge in [-0.3, -0.25) is 4.57 Å². The number of hydrogen-bond donors (Lipinski definition) is 0. The molecule has 0 amide bonds. The molecule has 0 radical (unpaired) electrons. The summed E-state index contributed by atoms with van der Waals surface area (Å²) in [6, 6.07) is 28.8. The standard InChI is InChI=1S/C35H34N2S/c1-21(2)26-13-10-14-27(22(3)4)34(26)37-31-16-8-7-15-30(31)36-35(37)29-20-38-32-18-17-25(19-28(29)32)33-23(5)11-9-12-24(33)6/h7-22H,1-6H3. The van der Waals surface area contributed by atoms with Crippen molar-refractivity contribution in [2.24, 2.45) is 0 Å². The molecule has 4 aromatic carbocycles. The Kier molecular flexibility index (Phi) is 6.20. The SMILES string of the molecule is Cc1cccc(C)c1-c1ccc2scc(-c3nc4ccccc4n3-c3c(C(C)C)cccc3C(C)C)c2c1. The first kappa shape index (κ1) is 24.6. The summed E-state index contributed by atoms with van der Waals surface area (Å²) in [5.74, 6) is 1.81. The summed E-state index contributed by atoms with van der Waals surface area (Å²) in [5.41, 5.74) is 12.6. The Labute approximate surface area is 229 Å². The summed E-state index contributed by atoms with van der Waals surface area (Å²) >= 11 is 1.80. The van der Waals surface area contributed by atoms with Crippen molar-refractivity contribution in [1.29, 1.82) is 0 Å². The average molecular weight is 515 g/mol. The van der Waals surface area contributed by atoms with Gasteiger partial charge in [0.25, 0.3) is 0 Å². The van der Waals surface area contributed by atoms with Gasteiger partial charge in [0, 0.05) is 21.0 Å². The van der Waals surface area contributed by atoms with E-state index in [1.807, 2.05) is 0 Å². The number of aromatic nitrogens is 2. The molecule has 0 saturated heterocycles. The second-order valence-corrected chi connectivity index (χ2v) is 11.9. The number of imidazole rings is 1. The molecule has 0 saturated carbocycles. The first-order valence-corrected chi connectivity index (χ1v) is 14.4. The van der Waals surface area contributed by atoms with Crippen LogP contribution in [0.3, 0.4) is 0 Å². The van der Waals surface area contributed by atoms with E-state index in [4.69, 9.17) is 4.98 Å². The van der Waals surface area contributed by atoms with Gasteiger partial charge in [0.1, 0.15) is 5.82 Å². The Morgan fingerprint density at radius 3 is 2.08 bits per heavy atom. The summed E-state index contributed by atoms with van der Waals surface area (Å²) in [6.07, 6.45) is 0. The molecule has 2 nitrogen and oxygen atoms in total. The lowest BCUT2D eigenvalue weighted by Gasteiger charge is -2.22. The van der Waals surface area contributed by atoms with Crippen molar-refractivity contribution < 1.29 is 0 Å². The smallest absolute Gasteiger partial charge is 0.147 e. The van der Waals surface area contributed by atoms with E-state index in [1.165, 1.54) is 54.7 Å². The van der Waals surface area contributed by atoms with Crippen LogP contribution in [0.1, 0.15) is 61.8 Å². The molecule has 0 unspecified atom stereocenters. The maximum absolute atomic E-state index is 5.29. The normalized spacial score (nSPS) is 11.9. The monoisotopic (exact) mass is 514 g/mol. The zero-order valence-electron chi connectivity index (χ0n) is 23.0. The topological polar surface area (TPSA) is 17.8 Å². The number of benzene rings is 4. The maximum Gasteiger partial charge on any atom is 0.147 e. The van der Waals surface area contributed by atoms with Crippen LogP contribution in [0.5, 0.6) is 0 Å². The predicted octanol–water partition coefficient (Wildman–Crippen LogP) is 10.4. The second kappa shape index (κ2) is 9.56. The number of fused-ring (bicyclic) bond motifs is 2. The molecule has 6 rings (SSSR count). The fourth-order valence-corrected chi connectivity index (χ4v) is 6.75. The lowest BCUT2D eigenvalue weighted by Crippen LogP contribution is -2.08. The van der Waals surface area contributed by atoms with Crippen LogP contribution in [-0.2, 0) is 0 Å². The molecular weight excluding hydrogens is 480 g/mol. The van der Waals surface area contributed by atoms with Crippen LogP contribution in [0.25, 0.3) is 49.3 Å². The number of nitrogens with zero attached hydrogens (tertiary/aromatic N) is 2. The van der Waals surface area contributed by atoms with Gasteiger partial charge in [0.05, 0.1) is 16.7 Å². The van der Waals surface area contributed by atoms with Crippen LogP contribution in [0, 0.1) is 13.8 Å². The highest BCUT2D eigenvalue weighted by atomic mass is 32.1. The van der Waals surface area contributed by atoms with E-state index < -0.39 is 0 Å². The minimum Gasteiger partial charge on any atom is -0.292 e. The summed E-state index contributed by atoms with van der Waals surface area (Å²) in [7, 11) is 0. The van der Waals surface area contributed by atoms with Gasteiger partial charge in [-0.1, -0.05) is 82.3 Å². The minimum absolute atomic E-state index is 0.396. The van der Waals surface area contributed by atoms with Gasteiger partial charge in [0.15, 0.2) is 0 Å². The van der Waals surface area contributed by atoms with Gasteiger partial charge in [-0.05, 0) is 83.3 Å². The van der Waals surface area contributed by atoms with Crippen LogP contribution >= 0.6 is 11.3 Å². The molecule has 190 valence electrons. The summed E-state index contributed by atoms with van der Waals surface area (Å²) in [5, 5.41) is 3.56. The number of aryl methyl sites for hydroxylation is 2. The van der Waals surface area contributed by atoms with Crippen LogP contribution < -0.4 is 0 Å². The molecule has 0 N–H and O–H groups in total. The van der Waals surface area contributed by atoms with E-state index in [-0.39, 0.29) is 0 Å².